The Balaban J connectivity index is -0.000000597. The number of carbonyl (C=O) groups excluding carboxylic acids is 2. The van der Waals surface area contributed by atoms with Gasteiger partial charge in [0, 0.05) is 12.8 Å². The first-order chi connectivity index (χ1) is 17.5. The van der Waals surface area contributed by atoms with Crippen LogP contribution in [0.3, 0.4) is 0 Å². The fourth-order valence-electron chi connectivity index (χ4n) is 2.96. The minimum atomic E-state index is -4.67. The molecule has 0 aliphatic carbocycles. The van der Waals surface area contributed by atoms with Crippen molar-refractivity contribution in [2.45, 2.75) is 97.0 Å². The van der Waals surface area contributed by atoms with E-state index in [0.717, 1.165) is 18.4 Å². The summed E-state index contributed by atoms with van der Waals surface area (Å²) in [5, 5.41) is 8.45. The van der Waals surface area contributed by atoms with E-state index in [1.807, 2.05) is 30.3 Å². The van der Waals surface area contributed by atoms with E-state index in [-0.39, 0.29) is 55.0 Å². The number of hydrogen-bond donors (Lipinski definition) is 4. The molecule has 0 bridgehead atoms. The molecule has 1 aromatic rings. The van der Waals surface area contributed by atoms with Gasteiger partial charge in [0.2, 0.25) is 0 Å². The van der Waals surface area contributed by atoms with Crippen LogP contribution in [-0.2, 0) is 36.1 Å². The number of benzene rings is 1. The Morgan fingerprint density at radius 1 is 0.789 bits per heavy atom. The Labute approximate surface area is 248 Å². The third kappa shape index (κ3) is 41.4. The molecule has 0 unspecified atom stereocenters. The van der Waals surface area contributed by atoms with Crippen LogP contribution in [0, 0.1) is 0 Å². The third-order valence-corrected chi connectivity index (χ3v) is 4.76. The van der Waals surface area contributed by atoms with Crippen molar-refractivity contribution in [2.75, 3.05) is 6.61 Å². The summed E-state index contributed by atoms with van der Waals surface area (Å²) < 4.78 is 41.2. The number of nitrogens with two attached hydrogens (primary N) is 1. The van der Waals surface area contributed by atoms with Gasteiger partial charge in [-0.3, -0.25) is 18.7 Å². The third-order valence-electron chi connectivity index (χ3n) is 4.76. The molecule has 38 heavy (non-hydrogen) atoms. The van der Waals surface area contributed by atoms with Gasteiger partial charge in [0.05, 0.1) is 6.61 Å². The predicted octanol–water partition coefficient (Wildman–Crippen LogP) is 4.69. The molecule has 11 nitrogen and oxygen atoms in total. The molecule has 13 heteroatoms. The second-order valence-corrected chi connectivity index (χ2v) is 9.09. The first-order valence-electron chi connectivity index (χ1n) is 12.5. The molecule has 1 rings (SSSR count). The molecule has 1 amide bonds. The summed E-state index contributed by atoms with van der Waals surface area (Å²) >= 11 is 0. The van der Waals surface area contributed by atoms with Crippen LogP contribution < -0.4 is 5.73 Å². The van der Waals surface area contributed by atoms with Gasteiger partial charge in [-0.15, -0.1) is 0 Å². The molecule has 216 valence electrons. The molecule has 0 saturated heterocycles. The number of carboxylic acids is 1. The van der Waals surface area contributed by atoms with Crippen molar-refractivity contribution in [3.05, 3.63) is 35.9 Å². The van der Waals surface area contributed by atoms with Crippen LogP contribution in [-0.4, -0.2) is 76.8 Å². The topological polar surface area (TPSA) is 191 Å². The molecule has 0 aliphatic heterocycles. The summed E-state index contributed by atoms with van der Waals surface area (Å²) in [7, 11) is -4.67. The fraction of sp³-hybridized carbons (Fsp3) is 0.640. The van der Waals surface area contributed by atoms with Gasteiger partial charge in [-0.2, -0.15) is 8.42 Å². The predicted molar refractivity (Wildman–Crippen MR) is 146 cm³/mol. The molecule has 0 atom stereocenters. The van der Waals surface area contributed by atoms with Crippen LogP contribution >= 0.6 is 0 Å². The van der Waals surface area contributed by atoms with Crippen LogP contribution in [0.5, 0.6) is 0 Å². The van der Waals surface area contributed by atoms with Crippen LogP contribution in [0.4, 0.5) is 4.79 Å². The van der Waals surface area contributed by atoms with Gasteiger partial charge >= 0.3 is 58.0 Å². The van der Waals surface area contributed by atoms with Crippen LogP contribution in [0.15, 0.2) is 30.3 Å². The monoisotopic (exact) mass is 573 g/mol. The maximum absolute atomic E-state index is 11.3. The van der Waals surface area contributed by atoms with E-state index >= 15 is 0 Å². The summed E-state index contributed by atoms with van der Waals surface area (Å²) in [5.74, 6) is -1.13. The van der Waals surface area contributed by atoms with E-state index in [1.165, 1.54) is 51.4 Å². The van der Waals surface area contributed by atoms with Gasteiger partial charge < -0.3 is 20.3 Å². The molecule has 0 saturated carbocycles. The van der Waals surface area contributed by atoms with Gasteiger partial charge in [0.15, 0.2) is 0 Å². The summed E-state index contributed by atoms with van der Waals surface area (Å²) in [6.45, 7) is 2.96. The van der Waals surface area contributed by atoms with Gasteiger partial charge in [-0.25, -0.2) is 4.79 Å². The Morgan fingerprint density at radius 2 is 1.26 bits per heavy atom. The molecule has 0 heterocycles. The van der Waals surface area contributed by atoms with Crippen LogP contribution in [0.1, 0.15) is 96.0 Å². The SMILES string of the molecule is CCCCCCCCCCCCOC(=O)CCCC(=O)O.NC(=O)OCc1ccccc1.O=S(=O)(O)O.[NaH]. The summed E-state index contributed by atoms with van der Waals surface area (Å²) in [6.07, 6.45) is 12.4. The molecule has 0 spiro atoms. The van der Waals surface area contributed by atoms with Crippen molar-refractivity contribution < 1.29 is 46.5 Å². The van der Waals surface area contributed by atoms with Crippen molar-refractivity contribution in [2.24, 2.45) is 5.73 Å². The number of rotatable bonds is 17. The van der Waals surface area contributed by atoms with E-state index < -0.39 is 22.5 Å². The molecule has 0 fully saturated rings. The maximum atomic E-state index is 11.3. The number of carboxylic acid groups (broad SMARTS) is 1. The van der Waals surface area contributed by atoms with Gasteiger partial charge in [0.25, 0.3) is 0 Å². The van der Waals surface area contributed by atoms with E-state index in [9.17, 15) is 14.4 Å². The zero-order valence-corrected chi connectivity index (χ0v) is 22.5. The van der Waals surface area contributed by atoms with Gasteiger partial charge in [-0.05, 0) is 18.4 Å². The van der Waals surface area contributed by atoms with Crippen molar-refractivity contribution in [1.82, 2.24) is 0 Å². The number of unbranched alkanes of at least 4 members (excludes halogenated alkanes) is 9. The van der Waals surface area contributed by atoms with E-state index in [0.29, 0.717) is 13.0 Å². The minimum absolute atomic E-state index is 0. The first-order valence-corrected chi connectivity index (χ1v) is 13.9. The molecular formula is C25H44NNaO10S. The van der Waals surface area contributed by atoms with Crippen LogP contribution in [0.25, 0.3) is 0 Å². The van der Waals surface area contributed by atoms with Crippen molar-refractivity contribution >= 4 is 58.0 Å². The number of primary amides is 1. The number of amides is 1. The number of hydrogen-bond acceptors (Lipinski definition) is 7. The summed E-state index contributed by atoms with van der Waals surface area (Å²) in [4.78, 5) is 31.7. The Morgan fingerprint density at radius 3 is 1.71 bits per heavy atom. The summed E-state index contributed by atoms with van der Waals surface area (Å²) in [5.41, 5.74) is 5.72. The van der Waals surface area contributed by atoms with Crippen LogP contribution in [0.2, 0.25) is 0 Å². The standard InChI is InChI=1S/C17H32O4.C8H9NO2.Na.H2O4S.H/c1-2-3-4-5-6-7-8-9-10-11-15-21-17(20)14-12-13-16(18)19;9-8(10)11-6-7-4-2-1-3-5-7;;1-5(2,3)4;/h2-15H2,1H3,(H,18,19);1-5H,6H2,(H2,9,10);;(H2,1,2,3,4);. The van der Waals surface area contributed by atoms with Gasteiger partial charge in [-0.1, -0.05) is 95.0 Å². The zero-order valence-electron chi connectivity index (χ0n) is 21.7. The molecule has 0 aromatic heterocycles. The van der Waals surface area contributed by atoms with E-state index in [2.05, 4.69) is 11.7 Å². The van der Waals surface area contributed by atoms with Crippen molar-refractivity contribution in [3.63, 3.8) is 0 Å². The molecule has 0 radical (unpaired) electrons. The normalized spacial score (nSPS) is 9.97. The Hall–Kier alpha value is -1.70. The average molecular weight is 574 g/mol. The van der Waals surface area contributed by atoms with Gasteiger partial charge in [0.1, 0.15) is 6.61 Å². The molecule has 0 aliphatic rings. The Kier molecular flexibility index (Phi) is 30.4. The quantitative estimate of drug-likeness (QED) is 0.0880. The zero-order chi connectivity index (χ0) is 28.4. The van der Waals surface area contributed by atoms with E-state index in [4.69, 9.17) is 33.1 Å². The number of esters is 1. The number of aliphatic carboxylic acids is 1. The second kappa shape index (κ2) is 28.3. The first kappa shape index (κ1) is 40.8. The van der Waals surface area contributed by atoms with Crippen molar-refractivity contribution in [1.29, 1.82) is 0 Å². The average Bonchev–Trinajstić information content (AvgIpc) is 2.81. The van der Waals surface area contributed by atoms with E-state index in [1.54, 1.807) is 0 Å². The molecule has 1 aromatic carbocycles. The Bertz CT molecular complexity index is 815. The fourth-order valence-corrected chi connectivity index (χ4v) is 2.96. The second-order valence-electron chi connectivity index (χ2n) is 8.19. The molecular weight excluding hydrogens is 529 g/mol. The molecule has 5 N–H and O–H groups in total. The summed E-state index contributed by atoms with van der Waals surface area (Å²) in [6, 6.07) is 9.37. The van der Waals surface area contributed by atoms with Crippen molar-refractivity contribution in [3.8, 4) is 0 Å². The number of carbonyl (C=O) groups is 3. The number of ether oxygens (including phenoxy) is 2.